The summed E-state index contributed by atoms with van der Waals surface area (Å²) in [7, 11) is 0. The fourth-order valence-electron chi connectivity index (χ4n) is 3.11. The second-order valence-electron chi connectivity index (χ2n) is 5.96. The highest BCUT2D eigenvalue weighted by Gasteiger charge is 2.32. The van der Waals surface area contributed by atoms with Crippen molar-refractivity contribution in [2.75, 3.05) is 13.1 Å². The highest BCUT2D eigenvalue weighted by molar-refractivity contribution is 5.90. The summed E-state index contributed by atoms with van der Waals surface area (Å²) < 4.78 is 5.25. The lowest BCUT2D eigenvalue weighted by atomic mass is 9.92. The topological polar surface area (TPSA) is 71.3 Å². The summed E-state index contributed by atoms with van der Waals surface area (Å²) in [6.45, 7) is 6.04. The Labute approximate surface area is 118 Å². The molecule has 1 amide bonds. The lowest BCUT2D eigenvalue weighted by Crippen LogP contribution is -2.46. The minimum Gasteiger partial charge on any atom is -0.337 e. The minimum atomic E-state index is -0.1000. The van der Waals surface area contributed by atoms with Gasteiger partial charge < -0.3 is 14.7 Å². The standard InChI is InChI=1S/C14H22N4O2/c1-9-5-4-8-18(10(9)2)14(19)12-16-13(20-17-12)11-6-3-7-15-11/h9-11,15H,3-8H2,1-2H3. The Kier molecular flexibility index (Phi) is 3.74. The van der Waals surface area contributed by atoms with Crippen LogP contribution in [0.2, 0.25) is 0 Å². The molecule has 0 bridgehead atoms. The van der Waals surface area contributed by atoms with Crippen LogP contribution in [0.5, 0.6) is 0 Å². The van der Waals surface area contributed by atoms with Gasteiger partial charge in [0.15, 0.2) is 0 Å². The van der Waals surface area contributed by atoms with Crippen molar-refractivity contribution < 1.29 is 9.32 Å². The number of amides is 1. The molecular formula is C14H22N4O2. The number of carbonyl (C=O) groups is 1. The SMILES string of the molecule is CC1CCCN(C(=O)c2noc(C3CCCN3)n2)C1C. The number of hydrogen-bond acceptors (Lipinski definition) is 5. The Balaban J connectivity index is 1.73. The van der Waals surface area contributed by atoms with Crippen molar-refractivity contribution in [2.45, 2.75) is 51.6 Å². The Hall–Kier alpha value is -1.43. The first-order chi connectivity index (χ1) is 9.66. The maximum absolute atomic E-state index is 12.5. The predicted octanol–water partition coefficient (Wildman–Crippen LogP) is 1.75. The third kappa shape index (κ3) is 2.44. The molecule has 6 heteroatoms. The van der Waals surface area contributed by atoms with Crippen LogP contribution in [0.25, 0.3) is 0 Å². The van der Waals surface area contributed by atoms with Gasteiger partial charge in [-0.2, -0.15) is 4.98 Å². The fraction of sp³-hybridized carbons (Fsp3) is 0.786. The first kappa shape index (κ1) is 13.5. The summed E-state index contributed by atoms with van der Waals surface area (Å²) in [6.07, 6.45) is 4.32. The van der Waals surface area contributed by atoms with E-state index in [2.05, 4.69) is 29.3 Å². The van der Waals surface area contributed by atoms with Crippen LogP contribution in [-0.2, 0) is 0 Å². The molecule has 20 heavy (non-hydrogen) atoms. The third-order valence-corrected chi connectivity index (χ3v) is 4.63. The number of rotatable bonds is 2. The normalized spacial score (nSPS) is 30.7. The summed E-state index contributed by atoms with van der Waals surface area (Å²) in [4.78, 5) is 18.7. The van der Waals surface area contributed by atoms with Gasteiger partial charge in [-0.1, -0.05) is 12.1 Å². The van der Waals surface area contributed by atoms with Crippen molar-refractivity contribution in [3.05, 3.63) is 11.7 Å². The van der Waals surface area contributed by atoms with Crippen LogP contribution in [0.4, 0.5) is 0 Å². The van der Waals surface area contributed by atoms with Gasteiger partial charge in [0, 0.05) is 12.6 Å². The quantitative estimate of drug-likeness (QED) is 0.892. The number of nitrogens with one attached hydrogen (secondary N) is 1. The van der Waals surface area contributed by atoms with Gasteiger partial charge >= 0.3 is 0 Å². The number of hydrogen-bond donors (Lipinski definition) is 1. The average Bonchev–Trinajstić information content (AvgIpc) is 3.11. The van der Waals surface area contributed by atoms with Crippen molar-refractivity contribution >= 4 is 5.91 Å². The van der Waals surface area contributed by atoms with Crippen LogP contribution in [-0.4, -0.2) is 40.1 Å². The zero-order valence-electron chi connectivity index (χ0n) is 12.1. The van der Waals surface area contributed by atoms with E-state index in [1.807, 2.05) is 4.90 Å². The Bertz CT molecular complexity index is 481. The van der Waals surface area contributed by atoms with Gasteiger partial charge in [0.2, 0.25) is 5.89 Å². The maximum atomic E-state index is 12.5. The molecule has 0 saturated carbocycles. The van der Waals surface area contributed by atoms with Gasteiger partial charge in [0.1, 0.15) is 0 Å². The van der Waals surface area contributed by atoms with Crippen molar-refractivity contribution in [3.63, 3.8) is 0 Å². The van der Waals surface area contributed by atoms with Gasteiger partial charge in [-0.25, -0.2) is 0 Å². The number of carbonyl (C=O) groups excluding carboxylic acids is 1. The van der Waals surface area contributed by atoms with E-state index >= 15 is 0 Å². The molecule has 2 aliphatic heterocycles. The van der Waals surface area contributed by atoms with Crippen molar-refractivity contribution in [1.29, 1.82) is 0 Å². The van der Waals surface area contributed by atoms with Gasteiger partial charge in [0.05, 0.1) is 6.04 Å². The van der Waals surface area contributed by atoms with E-state index in [1.54, 1.807) is 0 Å². The van der Waals surface area contributed by atoms with Crippen LogP contribution >= 0.6 is 0 Å². The molecule has 2 aliphatic rings. The molecule has 3 atom stereocenters. The molecular weight excluding hydrogens is 256 g/mol. The van der Waals surface area contributed by atoms with Crippen LogP contribution in [0.3, 0.4) is 0 Å². The molecule has 6 nitrogen and oxygen atoms in total. The minimum absolute atomic E-state index is 0.1000. The van der Waals surface area contributed by atoms with E-state index in [0.29, 0.717) is 11.8 Å². The largest absolute Gasteiger partial charge is 0.337 e. The molecule has 0 aliphatic carbocycles. The van der Waals surface area contributed by atoms with Crippen molar-refractivity contribution in [3.8, 4) is 0 Å². The smallest absolute Gasteiger partial charge is 0.295 e. The van der Waals surface area contributed by atoms with Gasteiger partial charge in [-0.05, 0) is 45.1 Å². The molecule has 3 heterocycles. The van der Waals surface area contributed by atoms with Crippen LogP contribution in [0.15, 0.2) is 4.52 Å². The molecule has 2 saturated heterocycles. The maximum Gasteiger partial charge on any atom is 0.295 e. The predicted molar refractivity (Wildman–Crippen MR) is 73.2 cm³/mol. The highest BCUT2D eigenvalue weighted by atomic mass is 16.5. The van der Waals surface area contributed by atoms with Gasteiger partial charge in [-0.15, -0.1) is 0 Å². The average molecular weight is 278 g/mol. The van der Waals surface area contributed by atoms with Crippen LogP contribution in [0, 0.1) is 5.92 Å². The summed E-state index contributed by atoms with van der Waals surface area (Å²) in [5, 5.41) is 7.18. The molecule has 110 valence electrons. The van der Waals surface area contributed by atoms with Crippen LogP contribution < -0.4 is 5.32 Å². The zero-order chi connectivity index (χ0) is 14.1. The highest BCUT2D eigenvalue weighted by Crippen LogP contribution is 2.25. The molecule has 1 aromatic heterocycles. The Morgan fingerprint density at radius 3 is 2.95 bits per heavy atom. The first-order valence-corrected chi connectivity index (χ1v) is 7.55. The molecule has 0 spiro atoms. The molecule has 1 N–H and O–H groups in total. The van der Waals surface area contributed by atoms with Gasteiger partial charge in [0.25, 0.3) is 11.7 Å². The van der Waals surface area contributed by atoms with E-state index in [9.17, 15) is 4.79 Å². The zero-order valence-corrected chi connectivity index (χ0v) is 12.1. The van der Waals surface area contributed by atoms with E-state index in [4.69, 9.17) is 4.52 Å². The second kappa shape index (κ2) is 5.52. The van der Waals surface area contributed by atoms with Crippen molar-refractivity contribution in [1.82, 2.24) is 20.4 Å². The van der Waals surface area contributed by atoms with E-state index in [1.165, 1.54) is 6.42 Å². The van der Waals surface area contributed by atoms with Gasteiger partial charge in [-0.3, -0.25) is 4.79 Å². The number of piperidine rings is 1. The molecule has 2 fully saturated rings. The lowest BCUT2D eigenvalue weighted by molar-refractivity contribution is 0.0535. The van der Waals surface area contributed by atoms with E-state index in [-0.39, 0.29) is 23.8 Å². The number of likely N-dealkylation sites (tertiary alicyclic amines) is 1. The van der Waals surface area contributed by atoms with Crippen molar-refractivity contribution in [2.24, 2.45) is 5.92 Å². The Morgan fingerprint density at radius 2 is 2.20 bits per heavy atom. The van der Waals surface area contributed by atoms with E-state index in [0.717, 1.165) is 32.4 Å². The lowest BCUT2D eigenvalue weighted by Gasteiger charge is -2.37. The first-order valence-electron chi connectivity index (χ1n) is 7.55. The van der Waals surface area contributed by atoms with Crippen LogP contribution in [0.1, 0.15) is 62.1 Å². The number of nitrogens with zero attached hydrogens (tertiary/aromatic N) is 3. The summed E-state index contributed by atoms with van der Waals surface area (Å²) in [6, 6.07) is 0.351. The number of aromatic nitrogens is 2. The fourth-order valence-corrected chi connectivity index (χ4v) is 3.11. The molecule has 0 aromatic carbocycles. The summed E-state index contributed by atoms with van der Waals surface area (Å²) >= 11 is 0. The molecule has 3 rings (SSSR count). The Morgan fingerprint density at radius 1 is 1.35 bits per heavy atom. The monoisotopic (exact) mass is 278 g/mol. The summed E-state index contributed by atoms with van der Waals surface area (Å²) in [5.41, 5.74) is 0. The third-order valence-electron chi connectivity index (χ3n) is 4.63. The van der Waals surface area contributed by atoms with E-state index < -0.39 is 0 Å². The molecule has 1 aromatic rings. The summed E-state index contributed by atoms with van der Waals surface area (Å²) in [5.74, 6) is 1.17. The second-order valence-corrected chi connectivity index (χ2v) is 5.96. The molecule has 3 unspecified atom stereocenters. The molecule has 0 radical (unpaired) electrons.